The predicted octanol–water partition coefficient (Wildman–Crippen LogP) is 16.1. The summed E-state index contributed by atoms with van der Waals surface area (Å²) in [6, 6.07) is 2.11. The van der Waals surface area contributed by atoms with Crippen molar-refractivity contribution in [3.05, 3.63) is 0 Å². The first kappa shape index (κ1) is 83.0. The summed E-state index contributed by atoms with van der Waals surface area (Å²) in [4.78, 5) is 22.1. The molecule has 0 rings (SSSR count). The van der Waals surface area contributed by atoms with Gasteiger partial charge >= 0.3 is 72.2 Å². The molecule has 26 heteroatoms. The summed E-state index contributed by atoms with van der Waals surface area (Å²) in [6.07, 6.45) is -5.49. The Labute approximate surface area is 376 Å². The van der Waals surface area contributed by atoms with Gasteiger partial charge in [0.25, 0.3) is 0 Å². The molecule has 0 heterocycles. The average molecular weight is 1030 g/mol. The molecule has 0 saturated heterocycles. The molecular formula is C40H71F20NO5. The highest BCUT2D eigenvalue weighted by molar-refractivity contribution is 5.72. The number of carbonyl (C=O) groups is 2. The summed E-state index contributed by atoms with van der Waals surface area (Å²) < 4.78 is 267. The van der Waals surface area contributed by atoms with Crippen LogP contribution in [0.5, 0.6) is 0 Å². The third kappa shape index (κ3) is 22.9. The fourth-order valence-electron chi connectivity index (χ4n) is 2.91. The number of alkyl halides is 20. The van der Waals surface area contributed by atoms with Crippen LogP contribution in [0.1, 0.15) is 138 Å². The Morgan fingerprint density at radius 2 is 0.818 bits per heavy atom. The third-order valence-corrected chi connectivity index (χ3v) is 8.22. The van der Waals surface area contributed by atoms with Crippen molar-refractivity contribution >= 4 is 11.9 Å². The molecule has 0 fully saturated rings. The number of halogens is 20. The van der Waals surface area contributed by atoms with Gasteiger partial charge in [0.1, 0.15) is 0 Å². The molecule has 0 aromatic carbocycles. The molecule has 0 amide bonds. The predicted molar refractivity (Wildman–Crippen MR) is 212 cm³/mol. The summed E-state index contributed by atoms with van der Waals surface area (Å²) in [5.41, 5.74) is 0. The van der Waals surface area contributed by atoms with Gasteiger partial charge in [-0.05, 0) is 46.0 Å². The van der Waals surface area contributed by atoms with E-state index >= 15 is 0 Å². The molecule has 4 atom stereocenters. The van der Waals surface area contributed by atoms with E-state index in [9.17, 15) is 97.4 Å². The molecule has 406 valence electrons. The summed E-state index contributed by atoms with van der Waals surface area (Å²) in [5, 5.41) is 8.08. The van der Waals surface area contributed by atoms with Crippen molar-refractivity contribution in [3.8, 4) is 6.07 Å². The molecule has 0 aliphatic carbocycles. The first-order valence-corrected chi connectivity index (χ1v) is 18.2. The van der Waals surface area contributed by atoms with Crippen molar-refractivity contribution in [2.45, 2.75) is 204 Å². The normalized spacial score (nSPS) is 14.0. The fraction of sp³-hybridized carbons (Fsp3) is 0.925. The lowest BCUT2D eigenvalue weighted by Gasteiger charge is -2.38. The minimum Gasteiger partial charge on any atom is -0.459 e. The molecule has 66 heavy (non-hydrogen) atoms. The molecule has 0 spiro atoms. The van der Waals surface area contributed by atoms with Gasteiger partial charge in [-0.2, -0.15) is 75.5 Å². The molecule has 4 unspecified atom stereocenters. The minimum absolute atomic E-state index is 0. The first-order chi connectivity index (χ1) is 27.2. The van der Waals surface area contributed by atoms with Crippen molar-refractivity contribution in [2.24, 2.45) is 17.8 Å². The van der Waals surface area contributed by atoms with Crippen LogP contribution in [0.3, 0.4) is 0 Å². The molecule has 0 aromatic rings. The SMILES string of the molecule is C.C.C.C.C.CCC(C)C#N.CCC(C)C(=O)OCC(F)(F)C(F)(F)C(F)(F)C(F)(F)C(F)(F)C(F)F.CCC(C)C(=O)OCC(F)(F)C(F)(F)C(F)(F)C(F)F.CCCCOC(C)CC. The van der Waals surface area contributed by atoms with E-state index in [0.29, 0.717) is 6.10 Å². The van der Waals surface area contributed by atoms with Crippen LogP contribution in [0.15, 0.2) is 0 Å². The molecule has 0 bridgehead atoms. The van der Waals surface area contributed by atoms with E-state index in [0.717, 1.165) is 26.4 Å². The first-order valence-electron chi connectivity index (χ1n) is 18.2. The van der Waals surface area contributed by atoms with Crippen LogP contribution in [0.2, 0.25) is 0 Å². The van der Waals surface area contributed by atoms with Crippen molar-refractivity contribution < 1.29 is 112 Å². The van der Waals surface area contributed by atoms with Gasteiger partial charge in [0.2, 0.25) is 0 Å². The van der Waals surface area contributed by atoms with E-state index in [4.69, 9.17) is 10.00 Å². The van der Waals surface area contributed by atoms with Crippen LogP contribution in [-0.2, 0) is 23.8 Å². The van der Waals surface area contributed by atoms with Gasteiger partial charge in [-0.1, -0.05) is 92.0 Å². The van der Waals surface area contributed by atoms with Crippen LogP contribution in [0.25, 0.3) is 0 Å². The van der Waals surface area contributed by atoms with Crippen LogP contribution >= 0.6 is 0 Å². The zero-order valence-corrected chi connectivity index (χ0v) is 34.4. The molecule has 0 aliphatic heterocycles. The fourth-order valence-corrected chi connectivity index (χ4v) is 2.91. The number of unbranched alkanes of at least 4 members (excludes halogenated alkanes) is 1. The molecule has 0 aliphatic rings. The highest BCUT2D eigenvalue weighted by Crippen LogP contribution is 2.58. The zero-order chi connectivity index (χ0) is 49.8. The molecule has 0 saturated carbocycles. The third-order valence-electron chi connectivity index (χ3n) is 8.22. The molecular weight excluding hydrogens is 954 g/mol. The molecule has 0 aromatic heterocycles. The highest BCUT2D eigenvalue weighted by atomic mass is 19.4. The van der Waals surface area contributed by atoms with E-state index in [1.165, 1.54) is 33.6 Å². The molecule has 0 N–H and O–H groups in total. The number of nitriles is 1. The number of hydrogen-bond donors (Lipinski definition) is 0. The van der Waals surface area contributed by atoms with Gasteiger partial charge in [-0.25, -0.2) is 17.6 Å². The van der Waals surface area contributed by atoms with Gasteiger partial charge < -0.3 is 14.2 Å². The average Bonchev–Trinajstić information content (AvgIpc) is 3.17. The lowest BCUT2D eigenvalue weighted by Crippen LogP contribution is -2.69. The molecule has 0 radical (unpaired) electrons. The van der Waals surface area contributed by atoms with E-state index in [-0.39, 0.29) is 55.9 Å². The zero-order valence-electron chi connectivity index (χ0n) is 34.4. The Balaban J connectivity index is -0.000000103. The second-order valence-electron chi connectivity index (χ2n) is 13.3. The highest BCUT2D eigenvalue weighted by Gasteiger charge is 2.88. The maximum atomic E-state index is 13.3. The van der Waals surface area contributed by atoms with Crippen LogP contribution < -0.4 is 0 Å². The van der Waals surface area contributed by atoms with E-state index in [2.05, 4.69) is 36.3 Å². The van der Waals surface area contributed by atoms with Crippen LogP contribution in [0, 0.1) is 29.1 Å². The largest absolute Gasteiger partial charge is 0.459 e. The number of nitrogens with zero attached hydrogens (tertiary/aromatic N) is 1. The lowest BCUT2D eigenvalue weighted by molar-refractivity contribution is -0.414. The number of carbonyl (C=O) groups excluding carboxylic acids is 2. The summed E-state index contributed by atoms with van der Waals surface area (Å²) >= 11 is 0. The Kier molecular flexibility index (Phi) is 43.2. The smallest absolute Gasteiger partial charge is 0.384 e. The quantitative estimate of drug-likeness (QED) is 0.0610. The van der Waals surface area contributed by atoms with Crippen molar-refractivity contribution in [3.63, 3.8) is 0 Å². The Hall–Kier alpha value is -3.01. The minimum atomic E-state index is -7.62. The van der Waals surface area contributed by atoms with E-state index in [1.807, 2.05) is 13.8 Å². The second-order valence-corrected chi connectivity index (χ2v) is 13.3. The number of ether oxygens (including phenoxy) is 3. The standard InChI is InChI=1S/C12H12F12O2.C10H12F8O2.C8H18O.C5H9N.5CH4/c1-3-5(2)6(25)26-4-8(15,16)10(19,20)12(23,24)11(21,22)9(17,18)7(13)14;1-3-5(2)6(19)20-4-8(13,14)10(17,18)9(15,16)7(11)12;1-4-6-7-9-8(3)5-2;1-3-5(2)4-6;;;;;/h5,7H,3-4H2,1-2H3;5,7H,3-4H2,1-2H3;8H,4-7H2,1-3H3;5H,3H2,1-2H3;5*1H4. The van der Waals surface area contributed by atoms with Gasteiger partial charge in [0.05, 0.1) is 24.0 Å². The Morgan fingerprint density at radius 3 is 1.06 bits per heavy atom. The summed E-state index contributed by atoms with van der Waals surface area (Å²) in [7, 11) is 0. The van der Waals surface area contributed by atoms with Gasteiger partial charge in [-0.3, -0.25) is 9.59 Å². The summed E-state index contributed by atoms with van der Waals surface area (Å²) in [6.45, 7) is 11.1. The Morgan fingerprint density at radius 1 is 0.500 bits per heavy atom. The number of esters is 2. The Bertz CT molecular complexity index is 1300. The number of rotatable bonds is 22. The van der Waals surface area contributed by atoms with Crippen molar-refractivity contribution in [2.75, 3.05) is 19.8 Å². The monoisotopic (exact) mass is 1030 g/mol. The topological polar surface area (TPSA) is 85.6 Å². The maximum Gasteiger partial charge on any atom is 0.384 e. The van der Waals surface area contributed by atoms with Crippen molar-refractivity contribution in [1.82, 2.24) is 0 Å². The van der Waals surface area contributed by atoms with Gasteiger partial charge in [-0.15, -0.1) is 0 Å². The summed E-state index contributed by atoms with van der Waals surface area (Å²) in [5.74, 6) is -58.8. The van der Waals surface area contributed by atoms with Gasteiger partial charge in [0.15, 0.2) is 13.2 Å². The van der Waals surface area contributed by atoms with Crippen LogP contribution in [-0.4, -0.2) is 98.1 Å². The van der Waals surface area contributed by atoms with Crippen molar-refractivity contribution in [1.29, 1.82) is 5.26 Å². The second kappa shape index (κ2) is 34.3. The van der Waals surface area contributed by atoms with E-state index in [1.54, 1.807) is 0 Å². The van der Waals surface area contributed by atoms with Gasteiger partial charge in [0, 0.05) is 12.5 Å². The van der Waals surface area contributed by atoms with Crippen LogP contribution in [0.4, 0.5) is 87.8 Å². The lowest BCUT2D eigenvalue weighted by atomic mass is 9.94. The maximum absolute atomic E-state index is 13.3. The molecule has 6 nitrogen and oxygen atoms in total. The number of hydrogen-bond acceptors (Lipinski definition) is 6. The van der Waals surface area contributed by atoms with E-state index < -0.39 is 97.2 Å².